The average Bonchev–Trinajstić information content (AvgIpc) is 3.15. The van der Waals surface area contributed by atoms with Crippen LogP contribution in [0.3, 0.4) is 0 Å². The monoisotopic (exact) mass is 313 g/mol. The molecule has 0 N–H and O–H groups in total. The summed E-state index contributed by atoms with van der Waals surface area (Å²) in [5.74, 6) is 1.04. The molecule has 2 aliphatic rings. The molecule has 1 aromatic carbocycles. The van der Waals surface area contributed by atoms with Crippen LogP contribution in [0.4, 0.5) is 0 Å². The minimum absolute atomic E-state index is 0.160. The molecule has 124 valence electrons. The lowest BCUT2D eigenvalue weighted by Crippen LogP contribution is -2.06. The second-order valence-corrected chi connectivity index (χ2v) is 6.91. The third-order valence-corrected chi connectivity index (χ3v) is 5.00. The van der Waals surface area contributed by atoms with E-state index in [-0.39, 0.29) is 12.5 Å². The number of unbranched alkanes of at least 4 members (excludes halogenated alkanes) is 5. The molecule has 3 heteroatoms. The van der Waals surface area contributed by atoms with Crippen LogP contribution in [-0.4, -0.2) is 18.4 Å². The lowest BCUT2D eigenvalue weighted by molar-refractivity contribution is -0.132. The van der Waals surface area contributed by atoms with E-state index < -0.39 is 0 Å². The zero-order valence-electron chi connectivity index (χ0n) is 14.1. The normalized spacial score (nSPS) is 19.6. The molecule has 0 bridgehead atoms. The van der Waals surface area contributed by atoms with Crippen molar-refractivity contribution in [2.45, 2.75) is 64.7 Å². The molecule has 23 heavy (non-hydrogen) atoms. The minimum atomic E-state index is -0.249. The van der Waals surface area contributed by atoms with Gasteiger partial charge in [-0.15, -0.1) is 0 Å². The molecule has 0 amide bonds. The maximum absolute atomic E-state index is 11.2. The van der Waals surface area contributed by atoms with Crippen LogP contribution in [0.1, 0.15) is 68.6 Å². The van der Waals surface area contributed by atoms with Gasteiger partial charge in [0.1, 0.15) is 6.54 Å². The summed E-state index contributed by atoms with van der Waals surface area (Å²) in [6, 6.07) is 6.41. The smallest absolute Gasteiger partial charge is 0.334 e. The van der Waals surface area contributed by atoms with E-state index in [9.17, 15) is 4.79 Å². The quantitative estimate of drug-likeness (QED) is 0.525. The van der Waals surface area contributed by atoms with Gasteiger partial charge in [0.25, 0.3) is 0 Å². The van der Waals surface area contributed by atoms with Gasteiger partial charge in [0, 0.05) is 5.56 Å². The predicted octanol–water partition coefficient (Wildman–Crippen LogP) is 4.46. The summed E-state index contributed by atoms with van der Waals surface area (Å²) in [5, 5.41) is 0. The first-order valence-corrected chi connectivity index (χ1v) is 9.13. The van der Waals surface area contributed by atoms with Crippen molar-refractivity contribution < 1.29 is 9.53 Å². The Hall–Kier alpha value is -1.64. The minimum Gasteiger partial charge on any atom is -0.406 e. The van der Waals surface area contributed by atoms with Crippen LogP contribution in [0.2, 0.25) is 0 Å². The SMILES string of the molecule is CCCCCCCCC1Cc2ccc(C3=NCC(=O)O3)cc2C1. The second-order valence-electron chi connectivity index (χ2n) is 6.91. The number of fused-ring (bicyclic) bond motifs is 1. The predicted molar refractivity (Wildman–Crippen MR) is 92.8 cm³/mol. The van der Waals surface area contributed by atoms with Crippen LogP contribution in [0.5, 0.6) is 0 Å². The largest absolute Gasteiger partial charge is 0.406 e. The van der Waals surface area contributed by atoms with Crippen LogP contribution >= 0.6 is 0 Å². The molecule has 1 aliphatic heterocycles. The number of carbonyl (C=O) groups is 1. The number of carbonyl (C=O) groups excluding carboxylic acids is 1. The molecule has 0 radical (unpaired) electrons. The second kappa shape index (κ2) is 7.76. The summed E-state index contributed by atoms with van der Waals surface area (Å²) in [4.78, 5) is 15.3. The molecule has 1 aromatic rings. The number of esters is 1. The van der Waals surface area contributed by atoms with Crippen molar-refractivity contribution in [1.29, 1.82) is 0 Å². The maximum Gasteiger partial charge on any atom is 0.334 e. The number of rotatable bonds is 8. The summed E-state index contributed by atoms with van der Waals surface area (Å²) < 4.78 is 5.16. The highest BCUT2D eigenvalue weighted by molar-refractivity contribution is 6.05. The van der Waals surface area contributed by atoms with E-state index in [4.69, 9.17) is 4.74 Å². The van der Waals surface area contributed by atoms with Crippen LogP contribution in [0.15, 0.2) is 23.2 Å². The Balaban J connectivity index is 1.48. The van der Waals surface area contributed by atoms with Gasteiger partial charge in [0.15, 0.2) is 0 Å². The van der Waals surface area contributed by atoms with E-state index in [2.05, 4.69) is 24.0 Å². The molecular formula is C20H27NO2. The standard InChI is InChI=1S/C20H27NO2/c1-2-3-4-5-6-7-8-15-11-16-9-10-17(13-18(16)12-15)20-21-14-19(22)23-20/h9-10,13,15H,2-8,11-12,14H2,1H3. The molecule has 0 fully saturated rings. The van der Waals surface area contributed by atoms with E-state index in [0.29, 0.717) is 5.90 Å². The van der Waals surface area contributed by atoms with Gasteiger partial charge in [0.2, 0.25) is 5.90 Å². The van der Waals surface area contributed by atoms with Crippen molar-refractivity contribution in [3.05, 3.63) is 34.9 Å². The van der Waals surface area contributed by atoms with E-state index in [1.807, 2.05) is 6.07 Å². The number of ether oxygens (including phenoxy) is 1. The molecular weight excluding hydrogens is 286 g/mol. The third-order valence-electron chi connectivity index (χ3n) is 5.00. The number of hydrogen-bond acceptors (Lipinski definition) is 3. The van der Waals surface area contributed by atoms with E-state index in [1.54, 1.807) is 0 Å². The first-order valence-electron chi connectivity index (χ1n) is 9.13. The number of aliphatic imine (C=N–C) groups is 1. The number of hydrogen-bond donors (Lipinski definition) is 0. The zero-order chi connectivity index (χ0) is 16.1. The Kier molecular flexibility index (Phi) is 5.47. The van der Waals surface area contributed by atoms with Gasteiger partial charge in [-0.2, -0.15) is 0 Å². The van der Waals surface area contributed by atoms with Gasteiger partial charge in [-0.3, -0.25) is 0 Å². The summed E-state index contributed by atoms with van der Waals surface area (Å²) in [6.07, 6.45) is 11.9. The van der Waals surface area contributed by atoms with Crippen molar-refractivity contribution in [2.24, 2.45) is 10.9 Å². The Labute approximate surface area is 139 Å². The molecule has 3 nitrogen and oxygen atoms in total. The molecule has 0 spiro atoms. The molecule has 1 aliphatic carbocycles. The Morgan fingerprint density at radius 2 is 1.87 bits per heavy atom. The first-order chi connectivity index (χ1) is 11.3. The lowest BCUT2D eigenvalue weighted by Gasteiger charge is -2.08. The van der Waals surface area contributed by atoms with Gasteiger partial charge < -0.3 is 4.74 Å². The third kappa shape index (κ3) is 4.21. The number of nitrogens with zero attached hydrogens (tertiary/aromatic N) is 1. The molecule has 3 rings (SSSR count). The Morgan fingerprint density at radius 1 is 1.09 bits per heavy atom. The summed E-state index contributed by atoms with van der Waals surface area (Å²) in [7, 11) is 0. The van der Waals surface area contributed by atoms with E-state index in [1.165, 1.54) is 68.9 Å². The molecule has 0 saturated heterocycles. The van der Waals surface area contributed by atoms with Crippen LogP contribution in [0.25, 0.3) is 0 Å². The van der Waals surface area contributed by atoms with E-state index >= 15 is 0 Å². The summed E-state index contributed by atoms with van der Waals surface area (Å²) in [6.45, 7) is 2.43. The number of benzene rings is 1. The fourth-order valence-electron chi connectivity index (χ4n) is 3.72. The van der Waals surface area contributed by atoms with Crippen molar-refractivity contribution >= 4 is 11.9 Å². The van der Waals surface area contributed by atoms with Gasteiger partial charge in [-0.1, -0.05) is 51.5 Å². The molecule has 0 saturated carbocycles. The Bertz CT molecular complexity index is 591. The van der Waals surface area contributed by atoms with Crippen molar-refractivity contribution in [2.75, 3.05) is 6.54 Å². The molecule has 0 aromatic heterocycles. The highest BCUT2D eigenvalue weighted by Gasteiger charge is 2.24. The fraction of sp³-hybridized carbons (Fsp3) is 0.600. The van der Waals surface area contributed by atoms with Gasteiger partial charge in [-0.25, -0.2) is 9.79 Å². The highest BCUT2D eigenvalue weighted by atomic mass is 16.6. The van der Waals surface area contributed by atoms with Crippen LogP contribution in [-0.2, 0) is 22.4 Å². The van der Waals surface area contributed by atoms with Crippen LogP contribution in [0, 0.1) is 5.92 Å². The van der Waals surface area contributed by atoms with Crippen LogP contribution < -0.4 is 0 Å². The Morgan fingerprint density at radius 3 is 2.65 bits per heavy atom. The molecule has 1 heterocycles. The van der Waals surface area contributed by atoms with Gasteiger partial charge in [-0.05, 0) is 48.4 Å². The molecule has 1 atom stereocenters. The van der Waals surface area contributed by atoms with Crippen molar-refractivity contribution in [3.63, 3.8) is 0 Å². The average molecular weight is 313 g/mol. The first kappa shape index (κ1) is 16.2. The van der Waals surface area contributed by atoms with Gasteiger partial charge >= 0.3 is 5.97 Å². The highest BCUT2D eigenvalue weighted by Crippen LogP contribution is 2.31. The molecule has 1 unspecified atom stereocenters. The zero-order valence-corrected chi connectivity index (χ0v) is 14.1. The maximum atomic E-state index is 11.2. The van der Waals surface area contributed by atoms with E-state index in [0.717, 1.165) is 11.5 Å². The van der Waals surface area contributed by atoms with Crippen molar-refractivity contribution in [1.82, 2.24) is 0 Å². The fourth-order valence-corrected chi connectivity index (χ4v) is 3.72. The van der Waals surface area contributed by atoms with Gasteiger partial charge in [0.05, 0.1) is 0 Å². The summed E-state index contributed by atoms with van der Waals surface area (Å²) >= 11 is 0. The van der Waals surface area contributed by atoms with Crippen molar-refractivity contribution in [3.8, 4) is 0 Å². The lowest BCUT2D eigenvalue weighted by atomic mass is 9.97. The number of cyclic esters (lactones) is 1. The topological polar surface area (TPSA) is 38.7 Å². The summed E-state index contributed by atoms with van der Waals surface area (Å²) in [5.41, 5.74) is 3.84.